The number of rotatable bonds is 4. The second-order valence-electron chi connectivity index (χ2n) is 5.20. The molecule has 0 spiro atoms. The Morgan fingerprint density at radius 2 is 1.95 bits per heavy atom. The molecule has 0 N–H and O–H groups in total. The van der Waals surface area contributed by atoms with Crippen molar-refractivity contribution < 1.29 is 19.1 Å². The smallest absolute Gasteiger partial charge is 0.356 e. The summed E-state index contributed by atoms with van der Waals surface area (Å²) in [5.74, 6) is -0.905. The fourth-order valence-electron chi connectivity index (χ4n) is 1.53. The monoisotopic (exact) mass is 343 g/mol. The maximum absolute atomic E-state index is 11.7. The van der Waals surface area contributed by atoms with Crippen LogP contribution in [0, 0.1) is 0 Å². The van der Waals surface area contributed by atoms with Gasteiger partial charge >= 0.3 is 11.9 Å². The fourth-order valence-corrected chi connectivity index (χ4v) is 1.99. The van der Waals surface area contributed by atoms with Crippen LogP contribution in [0.1, 0.15) is 42.5 Å². The lowest BCUT2D eigenvalue weighted by Crippen LogP contribution is -2.25. The minimum absolute atomic E-state index is 0.0177. The summed E-state index contributed by atoms with van der Waals surface area (Å²) in [6.45, 7) is 5.39. The number of methoxy groups -OCH3 is 1. The second-order valence-corrected chi connectivity index (χ2v) is 5.76. The van der Waals surface area contributed by atoms with E-state index in [0.29, 0.717) is 16.6 Å². The van der Waals surface area contributed by atoms with E-state index in [1.54, 1.807) is 32.9 Å². The normalized spacial score (nSPS) is 11.1. The van der Waals surface area contributed by atoms with Gasteiger partial charge in [0, 0.05) is 5.33 Å². The highest BCUT2D eigenvalue weighted by atomic mass is 79.9. The zero-order valence-electron chi connectivity index (χ0n) is 12.0. The van der Waals surface area contributed by atoms with E-state index >= 15 is 0 Å². The first-order valence-corrected chi connectivity index (χ1v) is 7.24. The number of alkyl halides is 1. The van der Waals surface area contributed by atoms with Gasteiger partial charge in [-0.1, -0.05) is 22.0 Å². The molecule has 0 aliphatic heterocycles. The van der Waals surface area contributed by atoms with Crippen LogP contribution < -0.4 is 0 Å². The van der Waals surface area contributed by atoms with E-state index in [-0.39, 0.29) is 18.1 Å². The SMILES string of the molecule is COC(=O)c1nc(CC(=O)OC(C)(C)C)ccc1CBr. The number of esters is 2. The highest BCUT2D eigenvalue weighted by Gasteiger charge is 2.19. The molecule has 110 valence electrons. The van der Waals surface area contributed by atoms with Gasteiger partial charge in [-0.15, -0.1) is 0 Å². The van der Waals surface area contributed by atoms with Gasteiger partial charge in [0.2, 0.25) is 0 Å². The third kappa shape index (κ3) is 4.92. The number of carbonyl (C=O) groups is 2. The Morgan fingerprint density at radius 3 is 2.45 bits per heavy atom. The maximum Gasteiger partial charge on any atom is 0.356 e. The summed E-state index contributed by atoms with van der Waals surface area (Å²) in [6.07, 6.45) is 0.0177. The summed E-state index contributed by atoms with van der Waals surface area (Å²) >= 11 is 3.28. The first-order chi connectivity index (χ1) is 9.26. The van der Waals surface area contributed by atoms with Crippen LogP contribution in [0.15, 0.2) is 12.1 Å². The standard InChI is InChI=1S/C14H18BrNO4/c1-14(2,3)20-11(17)7-10-6-5-9(8-15)12(16-10)13(18)19-4/h5-6H,7-8H2,1-4H3. The Kier molecular flexibility index (Phi) is 5.68. The lowest BCUT2D eigenvalue weighted by atomic mass is 10.1. The van der Waals surface area contributed by atoms with Gasteiger partial charge in [0.05, 0.1) is 19.2 Å². The van der Waals surface area contributed by atoms with E-state index in [4.69, 9.17) is 4.74 Å². The number of nitrogens with zero attached hydrogens (tertiary/aromatic N) is 1. The number of aromatic nitrogens is 1. The van der Waals surface area contributed by atoms with Crippen LogP contribution >= 0.6 is 15.9 Å². The summed E-state index contributed by atoms with van der Waals surface area (Å²) in [6, 6.07) is 3.45. The molecule has 0 aromatic carbocycles. The molecule has 6 heteroatoms. The van der Waals surface area contributed by atoms with Gasteiger partial charge in [-0.05, 0) is 32.4 Å². The Morgan fingerprint density at radius 1 is 1.30 bits per heavy atom. The van der Waals surface area contributed by atoms with Crippen molar-refractivity contribution in [2.24, 2.45) is 0 Å². The Bertz CT molecular complexity index is 508. The van der Waals surface area contributed by atoms with Gasteiger partial charge in [-0.3, -0.25) is 4.79 Å². The molecule has 0 saturated heterocycles. The number of hydrogen-bond acceptors (Lipinski definition) is 5. The van der Waals surface area contributed by atoms with Crippen LogP contribution in [0.2, 0.25) is 0 Å². The predicted octanol–water partition coefficient (Wildman–Crippen LogP) is 2.65. The Hall–Kier alpha value is -1.43. The molecule has 0 atom stereocenters. The molecule has 0 radical (unpaired) electrons. The van der Waals surface area contributed by atoms with Gasteiger partial charge in [0.1, 0.15) is 5.60 Å². The molecule has 1 aromatic heterocycles. The minimum Gasteiger partial charge on any atom is -0.464 e. The molecule has 0 bridgehead atoms. The molecule has 1 rings (SSSR count). The molecule has 0 amide bonds. The van der Waals surface area contributed by atoms with E-state index in [2.05, 4.69) is 25.7 Å². The van der Waals surface area contributed by atoms with E-state index in [0.717, 1.165) is 0 Å². The first kappa shape index (κ1) is 16.6. The number of ether oxygens (including phenoxy) is 2. The van der Waals surface area contributed by atoms with Crippen molar-refractivity contribution in [3.05, 3.63) is 29.1 Å². The predicted molar refractivity (Wildman–Crippen MR) is 77.8 cm³/mol. The number of halogens is 1. The lowest BCUT2D eigenvalue weighted by molar-refractivity contribution is -0.154. The van der Waals surface area contributed by atoms with Crippen molar-refractivity contribution in [2.75, 3.05) is 7.11 Å². The zero-order valence-corrected chi connectivity index (χ0v) is 13.6. The maximum atomic E-state index is 11.7. The molecule has 0 fully saturated rings. The lowest BCUT2D eigenvalue weighted by Gasteiger charge is -2.19. The van der Waals surface area contributed by atoms with Crippen molar-refractivity contribution in [1.82, 2.24) is 4.98 Å². The molecular weight excluding hydrogens is 326 g/mol. The van der Waals surface area contributed by atoms with Crippen LogP contribution in [-0.2, 0) is 26.0 Å². The number of hydrogen-bond donors (Lipinski definition) is 0. The third-order valence-electron chi connectivity index (χ3n) is 2.30. The second kappa shape index (κ2) is 6.83. The van der Waals surface area contributed by atoms with Crippen molar-refractivity contribution in [1.29, 1.82) is 0 Å². The van der Waals surface area contributed by atoms with Crippen molar-refractivity contribution in [3.8, 4) is 0 Å². The summed E-state index contributed by atoms with van der Waals surface area (Å²) in [4.78, 5) is 27.6. The van der Waals surface area contributed by atoms with E-state index < -0.39 is 11.6 Å². The van der Waals surface area contributed by atoms with Gasteiger partial charge in [-0.2, -0.15) is 0 Å². The molecule has 0 unspecified atom stereocenters. The van der Waals surface area contributed by atoms with E-state index in [9.17, 15) is 9.59 Å². The van der Waals surface area contributed by atoms with E-state index in [1.807, 2.05) is 0 Å². The molecule has 0 aliphatic carbocycles. The van der Waals surface area contributed by atoms with Crippen molar-refractivity contribution in [2.45, 2.75) is 38.1 Å². The summed E-state index contributed by atoms with van der Waals surface area (Å²) < 4.78 is 9.90. The number of carbonyl (C=O) groups excluding carboxylic acids is 2. The minimum atomic E-state index is -0.544. The largest absolute Gasteiger partial charge is 0.464 e. The van der Waals surface area contributed by atoms with Gasteiger partial charge in [-0.25, -0.2) is 9.78 Å². The Balaban J connectivity index is 2.92. The average Bonchev–Trinajstić information content (AvgIpc) is 2.35. The first-order valence-electron chi connectivity index (χ1n) is 6.11. The average molecular weight is 344 g/mol. The molecule has 0 saturated carbocycles. The van der Waals surface area contributed by atoms with Crippen LogP contribution in [0.3, 0.4) is 0 Å². The highest BCUT2D eigenvalue weighted by molar-refractivity contribution is 9.08. The number of pyridine rings is 1. The van der Waals surface area contributed by atoms with Gasteiger partial charge in [0.15, 0.2) is 5.69 Å². The van der Waals surface area contributed by atoms with Gasteiger partial charge in [0.25, 0.3) is 0 Å². The molecule has 1 aromatic rings. The fraction of sp³-hybridized carbons (Fsp3) is 0.500. The van der Waals surface area contributed by atoms with Crippen LogP contribution in [-0.4, -0.2) is 29.6 Å². The van der Waals surface area contributed by atoms with Crippen LogP contribution in [0.25, 0.3) is 0 Å². The topological polar surface area (TPSA) is 65.5 Å². The van der Waals surface area contributed by atoms with Crippen LogP contribution in [0.5, 0.6) is 0 Å². The molecule has 5 nitrogen and oxygen atoms in total. The third-order valence-corrected chi connectivity index (χ3v) is 2.91. The summed E-state index contributed by atoms with van der Waals surface area (Å²) in [7, 11) is 1.29. The molecule has 0 aliphatic rings. The highest BCUT2D eigenvalue weighted by Crippen LogP contribution is 2.15. The van der Waals surface area contributed by atoms with E-state index in [1.165, 1.54) is 7.11 Å². The Labute approximate surface area is 126 Å². The van der Waals surface area contributed by atoms with Crippen molar-refractivity contribution in [3.63, 3.8) is 0 Å². The van der Waals surface area contributed by atoms with Crippen LogP contribution in [0.4, 0.5) is 0 Å². The molecular formula is C14H18BrNO4. The van der Waals surface area contributed by atoms with Crippen molar-refractivity contribution >= 4 is 27.9 Å². The summed E-state index contributed by atoms with van der Waals surface area (Å²) in [5.41, 5.74) is 0.859. The molecule has 1 heterocycles. The zero-order chi connectivity index (χ0) is 15.3. The molecule has 20 heavy (non-hydrogen) atoms. The quantitative estimate of drug-likeness (QED) is 0.621. The van der Waals surface area contributed by atoms with Gasteiger partial charge < -0.3 is 9.47 Å². The summed E-state index contributed by atoms with van der Waals surface area (Å²) in [5, 5.41) is 0.483.